The van der Waals surface area contributed by atoms with Gasteiger partial charge in [-0.25, -0.2) is 4.79 Å². The van der Waals surface area contributed by atoms with Crippen molar-refractivity contribution >= 4 is 16.7 Å². The number of carbonyl (C=O) groups is 1. The molecule has 0 spiro atoms. The number of rotatable bonds is 7. The van der Waals surface area contributed by atoms with Crippen molar-refractivity contribution in [1.82, 2.24) is 5.32 Å². The highest BCUT2D eigenvalue weighted by Gasteiger charge is 2.47. The average molecular weight is 370 g/mol. The molecule has 1 amide bonds. The first-order chi connectivity index (χ1) is 13.1. The topological polar surface area (TPSA) is 81.1 Å². The van der Waals surface area contributed by atoms with Gasteiger partial charge in [-0.1, -0.05) is 49.7 Å². The zero-order valence-electron chi connectivity index (χ0n) is 16.4. The van der Waals surface area contributed by atoms with E-state index in [1.807, 2.05) is 30.3 Å². The molecular formula is C22H33N4O+. The van der Waals surface area contributed by atoms with E-state index in [0.717, 1.165) is 55.2 Å². The molecule has 1 heterocycles. The highest BCUT2D eigenvalue weighted by molar-refractivity contribution is 6.04. The maximum Gasteiger partial charge on any atom is 0.346 e. The molecule has 0 aliphatic carbocycles. The third-order valence-electron chi connectivity index (χ3n) is 5.94. The molecular weight excluding hydrogens is 336 g/mol. The smallest absolute Gasteiger partial charge is 0.329 e. The molecule has 3 atom stereocenters. The number of nitrogens with zero attached hydrogens (tertiary/aromatic N) is 1. The summed E-state index contributed by atoms with van der Waals surface area (Å²) in [7, 11) is 0. The summed E-state index contributed by atoms with van der Waals surface area (Å²) in [5.74, 6) is 0.193. The largest absolute Gasteiger partial charge is 0.346 e. The Labute approximate surface area is 162 Å². The van der Waals surface area contributed by atoms with E-state index >= 15 is 0 Å². The SMILES string of the molecule is CCCCC1CNCC[N+]1(CC(N)CN)C(=O)c1cccc2ccccc12. The van der Waals surface area contributed by atoms with E-state index in [1.54, 1.807) is 0 Å². The molecule has 5 nitrogen and oxygen atoms in total. The molecule has 5 N–H and O–H groups in total. The third-order valence-corrected chi connectivity index (χ3v) is 5.94. The molecule has 1 saturated heterocycles. The molecule has 0 bridgehead atoms. The van der Waals surface area contributed by atoms with Gasteiger partial charge in [0, 0.05) is 26.1 Å². The molecule has 2 aromatic carbocycles. The van der Waals surface area contributed by atoms with Gasteiger partial charge in [-0.05, 0) is 23.3 Å². The third kappa shape index (κ3) is 4.06. The van der Waals surface area contributed by atoms with Gasteiger partial charge in [0.1, 0.15) is 12.6 Å². The Morgan fingerprint density at radius 3 is 2.81 bits per heavy atom. The van der Waals surface area contributed by atoms with Crippen LogP contribution < -0.4 is 16.8 Å². The fourth-order valence-electron chi connectivity index (χ4n) is 4.43. The van der Waals surface area contributed by atoms with Crippen LogP contribution in [-0.4, -0.2) is 55.2 Å². The van der Waals surface area contributed by atoms with Crippen molar-refractivity contribution in [2.45, 2.75) is 38.3 Å². The van der Waals surface area contributed by atoms with E-state index in [9.17, 15) is 4.79 Å². The van der Waals surface area contributed by atoms with Crippen molar-refractivity contribution in [2.24, 2.45) is 11.5 Å². The van der Waals surface area contributed by atoms with E-state index in [0.29, 0.717) is 17.6 Å². The van der Waals surface area contributed by atoms with Gasteiger partial charge in [-0.15, -0.1) is 0 Å². The molecule has 1 fully saturated rings. The maximum atomic E-state index is 14.0. The van der Waals surface area contributed by atoms with E-state index < -0.39 is 0 Å². The van der Waals surface area contributed by atoms with Crippen LogP contribution in [0.25, 0.3) is 10.8 Å². The van der Waals surface area contributed by atoms with Crippen molar-refractivity contribution in [3.63, 3.8) is 0 Å². The Morgan fingerprint density at radius 1 is 1.26 bits per heavy atom. The van der Waals surface area contributed by atoms with Crippen molar-refractivity contribution in [1.29, 1.82) is 0 Å². The van der Waals surface area contributed by atoms with Gasteiger partial charge in [0.05, 0.1) is 18.2 Å². The molecule has 2 aromatic rings. The Hall–Kier alpha value is -1.79. The summed E-state index contributed by atoms with van der Waals surface area (Å²) in [5, 5.41) is 5.62. The quantitative estimate of drug-likeness (QED) is 0.654. The molecule has 5 heteroatoms. The highest BCUT2D eigenvalue weighted by atomic mass is 16.2. The molecule has 146 valence electrons. The molecule has 3 rings (SSSR count). The summed E-state index contributed by atoms with van der Waals surface area (Å²) < 4.78 is 0.416. The van der Waals surface area contributed by atoms with Crippen LogP contribution >= 0.6 is 0 Å². The molecule has 0 aromatic heterocycles. The van der Waals surface area contributed by atoms with Crippen LogP contribution in [0.5, 0.6) is 0 Å². The van der Waals surface area contributed by atoms with Gasteiger partial charge in [-0.2, -0.15) is 0 Å². The van der Waals surface area contributed by atoms with Crippen LogP contribution in [0.2, 0.25) is 0 Å². The summed E-state index contributed by atoms with van der Waals surface area (Å²) in [5.41, 5.74) is 13.0. The van der Waals surface area contributed by atoms with Gasteiger partial charge in [-0.3, -0.25) is 4.48 Å². The van der Waals surface area contributed by atoms with E-state index in [2.05, 4.69) is 24.4 Å². The Balaban J connectivity index is 2.06. The van der Waals surface area contributed by atoms with Crippen LogP contribution in [0, 0.1) is 0 Å². The molecule has 0 saturated carbocycles. The second kappa shape index (κ2) is 8.93. The number of piperazine rings is 1. The van der Waals surface area contributed by atoms with Crippen LogP contribution in [0.1, 0.15) is 36.5 Å². The number of unbranched alkanes of at least 4 members (excludes halogenated alkanes) is 1. The summed E-state index contributed by atoms with van der Waals surface area (Å²) in [6.45, 7) is 5.66. The van der Waals surface area contributed by atoms with Gasteiger partial charge >= 0.3 is 5.91 Å². The fourth-order valence-corrected chi connectivity index (χ4v) is 4.43. The Kier molecular flexibility index (Phi) is 6.60. The van der Waals surface area contributed by atoms with Crippen molar-refractivity contribution in [3.05, 3.63) is 48.0 Å². The number of fused-ring (bicyclic) bond motifs is 1. The van der Waals surface area contributed by atoms with Crippen LogP contribution in [0.3, 0.4) is 0 Å². The molecule has 1 aliphatic rings. The van der Waals surface area contributed by atoms with Crippen LogP contribution in [0.4, 0.5) is 0 Å². The molecule has 27 heavy (non-hydrogen) atoms. The number of amides is 1. The zero-order chi connectivity index (χ0) is 19.3. The summed E-state index contributed by atoms with van der Waals surface area (Å²) in [6, 6.07) is 14.2. The lowest BCUT2D eigenvalue weighted by Gasteiger charge is -2.47. The van der Waals surface area contributed by atoms with Crippen molar-refractivity contribution < 1.29 is 9.28 Å². The minimum Gasteiger partial charge on any atom is -0.329 e. The fraction of sp³-hybridized carbons (Fsp3) is 0.500. The maximum absolute atomic E-state index is 14.0. The van der Waals surface area contributed by atoms with Crippen molar-refractivity contribution in [3.8, 4) is 0 Å². The standard InChI is InChI=1S/C22H33N4O/c1-2-3-9-19-15-25-12-13-26(19,16-18(24)14-23)22(27)21-11-6-8-17-7-4-5-10-20(17)21/h4-8,10-11,18-19,25H,2-3,9,12-16,23-24H2,1H3/q+1. The van der Waals surface area contributed by atoms with Gasteiger partial charge in [0.25, 0.3) is 0 Å². The van der Waals surface area contributed by atoms with Crippen LogP contribution in [-0.2, 0) is 0 Å². The molecule has 1 aliphatic heterocycles. The summed E-state index contributed by atoms with van der Waals surface area (Å²) in [4.78, 5) is 14.0. The van der Waals surface area contributed by atoms with Crippen molar-refractivity contribution in [2.75, 3.05) is 32.7 Å². The van der Waals surface area contributed by atoms with Crippen LogP contribution in [0.15, 0.2) is 42.5 Å². The predicted octanol–water partition coefficient (Wildman–Crippen LogP) is 2.24. The monoisotopic (exact) mass is 369 g/mol. The molecule has 3 unspecified atom stereocenters. The van der Waals surface area contributed by atoms with E-state index in [-0.39, 0.29) is 18.0 Å². The Bertz CT molecular complexity index is 773. The lowest BCUT2D eigenvalue weighted by molar-refractivity contribution is -0.878. The predicted molar refractivity (Wildman–Crippen MR) is 111 cm³/mol. The number of carbonyl (C=O) groups excluding carboxylic acids is 1. The second-order valence-electron chi connectivity index (χ2n) is 7.77. The lowest BCUT2D eigenvalue weighted by Crippen LogP contribution is -2.70. The minimum absolute atomic E-state index is 0.175. The minimum atomic E-state index is -0.175. The van der Waals surface area contributed by atoms with Gasteiger partial charge in [0.2, 0.25) is 0 Å². The molecule has 0 radical (unpaired) electrons. The first kappa shape index (κ1) is 20.0. The zero-order valence-corrected chi connectivity index (χ0v) is 16.4. The van der Waals surface area contributed by atoms with Gasteiger partial charge in [0.15, 0.2) is 0 Å². The number of hydrogen-bond donors (Lipinski definition) is 3. The first-order valence-corrected chi connectivity index (χ1v) is 10.2. The normalized spacial score (nSPS) is 24.0. The number of nitrogens with two attached hydrogens (primary N) is 2. The summed E-state index contributed by atoms with van der Waals surface area (Å²) >= 11 is 0. The Morgan fingerprint density at radius 2 is 2.04 bits per heavy atom. The van der Waals surface area contributed by atoms with Gasteiger partial charge < -0.3 is 16.8 Å². The number of benzene rings is 2. The highest BCUT2D eigenvalue weighted by Crippen LogP contribution is 2.29. The second-order valence-corrected chi connectivity index (χ2v) is 7.77. The first-order valence-electron chi connectivity index (χ1n) is 10.2. The summed E-state index contributed by atoms with van der Waals surface area (Å²) in [6.07, 6.45) is 3.27. The number of hydrogen-bond acceptors (Lipinski definition) is 4. The number of quaternary nitrogens is 1. The van der Waals surface area contributed by atoms with E-state index in [1.165, 1.54) is 0 Å². The lowest BCUT2D eigenvalue weighted by atomic mass is 9.96. The average Bonchev–Trinajstić information content (AvgIpc) is 2.72. The number of nitrogens with one attached hydrogen (secondary N) is 1. The van der Waals surface area contributed by atoms with E-state index in [4.69, 9.17) is 11.5 Å².